The fourth-order valence-electron chi connectivity index (χ4n) is 1.57. The van der Waals surface area contributed by atoms with Crippen LogP contribution in [0.2, 0.25) is 0 Å². The smallest absolute Gasteiger partial charge is 0.348 e. The number of ether oxygens (including phenoxy) is 2. The Morgan fingerprint density at radius 1 is 1.16 bits per heavy atom. The van der Waals surface area contributed by atoms with Gasteiger partial charge in [0, 0.05) is 13.3 Å². The van der Waals surface area contributed by atoms with Gasteiger partial charge in [-0.25, -0.2) is 4.79 Å². The van der Waals surface area contributed by atoms with E-state index >= 15 is 0 Å². The molecule has 0 saturated heterocycles. The lowest BCUT2D eigenvalue weighted by Gasteiger charge is -2.23. The van der Waals surface area contributed by atoms with E-state index in [1.54, 1.807) is 20.8 Å². The molecule has 0 fully saturated rings. The maximum Gasteiger partial charge on any atom is 0.348 e. The molecule has 1 aromatic rings. The topological polar surface area (TPSA) is 52.6 Å². The van der Waals surface area contributed by atoms with Gasteiger partial charge in [-0.1, -0.05) is 30.3 Å². The first-order valence-electron chi connectivity index (χ1n) is 6.22. The summed E-state index contributed by atoms with van der Waals surface area (Å²) in [5, 5.41) is 0. The summed E-state index contributed by atoms with van der Waals surface area (Å²) in [6.45, 7) is 6.61. The van der Waals surface area contributed by atoms with E-state index < -0.39 is 23.6 Å². The normalized spacial score (nSPS) is 12.6. The second-order valence-corrected chi connectivity index (χ2v) is 5.32. The first kappa shape index (κ1) is 15.2. The summed E-state index contributed by atoms with van der Waals surface area (Å²) in [5.41, 5.74) is 0.311. The molecule has 0 aliphatic carbocycles. The Bertz CT molecular complexity index is 431. The summed E-state index contributed by atoms with van der Waals surface area (Å²) in [5.74, 6) is -1.02. The third-order valence-electron chi connectivity index (χ3n) is 2.24. The molecule has 0 saturated carbocycles. The second-order valence-electron chi connectivity index (χ2n) is 5.32. The summed E-state index contributed by atoms with van der Waals surface area (Å²) in [6.07, 6.45) is -0.589. The van der Waals surface area contributed by atoms with Crippen molar-refractivity contribution in [1.29, 1.82) is 0 Å². The number of benzene rings is 1. The van der Waals surface area contributed by atoms with Gasteiger partial charge in [0.25, 0.3) is 0 Å². The van der Waals surface area contributed by atoms with Gasteiger partial charge in [0.05, 0.1) is 0 Å². The van der Waals surface area contributed by atoms with Crippen molar-refractivity contribution >= 4 is 11.9 Å². The first-order valence-corrected chi connectivity index (χ1v) is 6.22. The molecule has 0 amide bonds. The molecule has 0 spiro atoms. The van der Waals surface area contributed by atoms with Crippen LogP contribution in [0.1, 0.15) is 33.3 Å². The van der Waals surface area contributed by atoms with E-state index in [9.17, 15) is 9.59 Å². The summed E-state index contributed by atoms with van der Waals surface area (Å²) in [4.78, 5) is 23.1. The van der Waals surface area contributed by atoms with Crippen molar-refractivity contribution in [1.82, 2.24) is 0 Å². The fraction of sp³-hybridized carbons (Fsp3) is 0.467. The van der Waals surface area contributed by atoms with Crippen molar-refractivity contribution in [3.8, 4) is 0 Å². The Morgan fingerprint density at radius 3 is 2.21 bits per heavy atom. The molecule has 0 radical (unpaired) electrons. The lowest BCUT2D eigenvalue weighted by Crippen LogP contribution is -2.35. The average molecular weight is 264 g/mol. The lowest BCUT2D eigenvalue weighted by molar-refractivity contribution is -0.174. The molecule has 0 aliphatic rings. The average Bonchev–Trinajstić information content (AvgIpc) is 2.26. The highest BCUT2D eigenvalue weighted by atomic mass is 16.6. The fourth-order valence-corrected chi connectivity index (χ4v) is 1.57. The SMILES string of the molecule is CC(=O)O[C@@H](Cc1ccccc1)C(=O)OC(C)(C)C. The minimum atomic E-state index is -0.904. The van der Waals surface area contributed by atoms with Crippen molar-refractivity contribution in [3.05, 3.63) is 35.9 Å². The molecule has 19 heavy (non-hydrogen) atoms. The van der Waals surface area contributed by atoms with Crippen LogP contribution in [0.3, 0.4) is 0 Å². The number of hydrogen-bond donors (Lipinski definition) is 0. The summed E-state index contributed by atoms with van der Waals surface area (Å²) >= 11 is 0. The molecule has 4 nitrogen and oxygen atoms in total. The third kappa shape index (κ3) is 6.04. The number of rotatable bonds is 4. The Labute approximate surface area is 113 Å². The zero-order chi connectivity index (χ0) is 14.5. The summed E-state index contributed by atoms with van der Waals surface area (Å²) in [7, 11) is 0. The molecule has 1 rings (SSSR count). The van der Waals surface area contributed by atoms with E-state index in [2.05, 4.69) is 0 Å². The summed E-state index contributed by atoms with van der Waals surface area (Å²) < 4.78 is 10.3. The molecular weight excluding hydrogens is 244 g/mol. The van der Waals surface area contributed by atoms with Crippen LogP contribution in [0.25, 0.3) is 0 Å². The molecule has 0 bridgehead atoms. The van der Waals surface area contributed by atoms with E-state index in [0.717, 1.165) is 5.56 Å². The first-order chi connectivity index (χ1) is 8.78. The maximum absolute atomic E-state index is 12.0. The number of hydrogen-bond acceptors (Lipinski definition) is 4. The molecule has 0 unspecified atom stereocenters. The van der Waals surface area contributed by atoms with Crippen molar-refractivity contribution in [2.24, 2.45) is 0 Å². The standard InChI is InChI=1S/C15H20O4/c1-11(16)18-13(14(17)19-15(2,3)4)10-12-8-6-5-7-9-12/h5-9,13H,10H2,1-4H3/t13-/m0/s1. The summed E-state index contributed by atoms with van der Waals surface area (Å²) in [6, 6.07) is 9.38. The van der Waals surface area contributed by atoms with Crippen LogP contribution < -0.4 is 0 Å². The number of carbonyl (C=O) groups is 2. The molecule has 0 aromatic heterocycles. The van der Waals surface area contributed by atoms with Crippen LogP contribution in [-0.2, 0) is 25.5 Å². The van der Waals surface area contributed by atoms with Crippen molar-refractivity contribution in [3.63, 3.8) is 0 Å². The molecular formula is C15H20O4. The van der Waals surface area contributed by atoms with Crippen molar-refractivity contribution in [2.45, 2.75) is 45.8 Å². The zero-order valence-electron chi connectivity index (χ0n) is 11.8. The Kier molecular flexibility index (Phi) is 5.10. The van der Waals surface area contributed by atoms with E-state index in [0.29, 0.717) is 6.42 Å². The van der Waals surface area contributed by atoms with Gasteiger partial charge >= 0.3 is 11.9 Å². The van der Waals surface area contributed by atoms with Gasteiger partial charge in [0.15, 0.2) is 0 Å². The van der Waals surface area contributed by atoms with Gasteiger partial charge in [-0.05, 0) is 26.3 Å². The molecule has 1 atom stereocenters. The lowest BCUT2D eigenvalue weighted by atomic mass is 10.1. The Hall–Kier alpha value is -1.84. The maximum atomic E-state index is 12.0. The van der Waals surface area contributed by atoms with Gasteiger partial charge in [-0.15, -0.1) is 0 Å². The molecule has 0 aliphatic heterocycles. The zero-order valence-corrected chi connectivity index (χ0v) is 11.8. The number of esters is 2. The minimum Gasteiger partial charge on any atom is -0.457 e. The van der Waals surface area contributed by atoms with Gasteiger partial charge in [-0.2, -0.15) is 0 Å². The minimum absolute atomic E-state index is 0.315. The van der Waals surface area contributed by atoms with Gasteiger partial charge < -0.3 is 9.47 Å². The molecule has 0 N–H and O–H groups in total. The monoisotopic (exact) mass is 264 g/mol. The second kappa shape index (κ2) is 6.36. The highest BCUT2D eigenvalue weighted by molar-refractivity contribution is 5.79. The van der Waals surface area contributed by atoms with Crippen molar-refractivity contribution < 1.29 is 19.1 Å². The highest BCUT2D eigenvalue weighted by Gasteiger charge is 2.27. The van der Waals surface area contributed by atoms with Crippen LogP contribution in [0, 0.1) is 0 Å². The van der Waals surface area contributed by atoms with Crippen LogP contribution in [0.15, 0.2) is 30.3 Å². The van der Waals surface area contributed by atoms with Crippen LogP contribution in [-0.4, -0.2) is 23.6 Å². The van der Waals surface area contributed by atoms with Gasteiger partial charge in [0.2, 0.25) is 6.10 Å². The van der Waals surface area contributed by atoms with Crippen molar-refractivity contribution in [2.75, 3.05) is 0 Å². The predicted octanol–water partition coefficient (Wildman–Crippen LogP) is 2.50. The largest absolute Gasteiger partial charge is 0.457 e. The number of carbonyl (C=O) groups excluding carboxylic acids is 2. The molecule has 104 valence electrons. The van der Waals surface area contributed by atoms with Crippen LogP contribution in [0.4, 0.5) is 0 Å². The highest BCUT2D eigenvalue weighted by Crippen LogP contribution is 2.13. The quantitative estimate of drug-likeness (QED) is 0.784. The van der Waals surface area contributed by atoms with Crippen LogP contribution >= 0.6 is 0 Å². The molecule has 1 aromatic carbocycles. The molecule has 4 heteroatoms. The van der Waals surface area contributed by atoms with E-state index in [1.807, 2.05) is 30.3 Å². The van der Waals surface area contributed by atoms with E-state index in [-0.39, 0.29) is 0 Å². The van der Waals surface area contributed by atoms with Gasteiger partial charge in [-0.3, -0.25) is 4.79 Å². The Morgan fingerprint density at radius 2 is 1.74 bits per heavy atom. The van der Waals surface area contributed by atoms with Gasteiger partial charge in [0.1, 0.15) is 5.60 Å². The third-order valence-corrected chi connectivity index (χ3v) is 2.24. The van der Waals surface area contributed by atoms with E-state index in [4.69, 9.17) is 9.47 Å². The Balaban J connectivity index is 2.77. The van der Waals surface area contributed by atoms with E-state index in [1.165, 1.54) is 6.92 Å². The van der Waals surface area contributed by atoms with Crippen LogP contribution in [0.5, 0.6) is 0 Å². The predicted molar refractivity (Wildman–Crippen MR) is 71.5 cm³/mol. The molecule has 0 heterocycles.